The molecule has 5 rings (SSSR count). The number of hydrogen-bond acceptors (Lipinski definition) is 7. The lowest BCUT2D eigenvalue weighted by Crippen LogP contribution is -2.39. The van der Waals surface area contributed by atoms with Crippen LogP contribution in [0.1, 0.15) is 5.56 Å². The molecule has 0 unspecified atom stereocenters. The van der Waals surface area contributed by atoms with E-state index in [1.54, 1.807) is 24.4 Å². The highest BCUT2D eigenvalue weighted by atomic mass is 19.1. The summed E-state index contributed by atoms with van der Waals surface area (Å²) in [5.74, 6) is 0.0606. The van der Waals surface area contributed by atoms with Crippen molar-refractivity contribution in [2.24, 2.45) is 0 Å². The predicted octanol–water partition coefficient (Wildman–Crippen LogP) is 3.16. The second-order valence-corrected chi connectivity index (χ2v) is 7.91. The Balaban J connectivity index is 1.17. The van der Waals surface area contributed by atoms with Gasteiger partial charge in [0.25, 0.3) is 0 Å². The average molecular weight is 450 g/mol. The van der Waals surface area contributed by atoms with Crippen LogP contribution in [0.15, 0.2) is 66.9 Å². The van der Waals surface area contributed by atoms with Gasteiger partial charge in [-0.2, -0.15) is 0 Å². The zero-order valence-corrected chi connectivity index (χ0v) is 17.7. The molecule has 2 saturated heterocycles. The van der Waals surface area contributed by atoms with Crippen molar-refractivity contribution >= 4 is 12.0 Å². The van der Waals surface area contributed by atoms with E-state index in [2.05, 4.69) is 20.6 Å². The summed E-state index contributed by atoms with van der Waals surface area (Å²) in [6, 6.07) is 17.3. The quantitative estimate of drug-likeness (QED) is 0.596. The number of benzene rings is 2. The number of alkyl carbamates (subject to hydrolysis) is 1. The molecule has 2 aromatic carbocycles. The highest BCUT2D eigenvalue weighted by molar-refractivity contribution is 5.67. The van der Waals surface area contributed by atoms with E-state index in [0.717, 1.165) is 5.56 Å². The summed E-state index contributed by atoms with van der Waals surface area (Å²) in [4.78, 5) is 21.0. The first kappa shape index (κ1) is 21.3. The van der Waals surface area contributed by atoms with Gasteiger partial charge in [0.15, 0.2) is 6.10 Å². The Labute approximate surface area is 190 Å². The molecule has 3 aromatic rings. The van der Waals surface area contributed by atoms with Crippen LogP contribution < -0.4 is 10.6 Å². The Morgan fingerprint density at radius 2 is 1.91 bits per heavy atom. The molecule has 4 atom stereocenters. The van der Waals surface area contributed by atoms with Gasteiger partial charge in [-0.15, -0.1) is 0 Å². The molecule has 3 heterocycles. The summed E-state index contributed by atoms with van der Waals surface area (Å²) in [5.41, 5.74) is 2.25. The highest BCUT2D eigenvalue weighted by Crippen LogP contribution is 2.30. The number of fused-ring (bicyclic) bond motifs is 1. The number of nitrogens with one attached hydrogen (secondary N) is 2. The normalized spacial score (nSPS) is 23.7. The van der Waals surface area contributed by atoms with Crippen molar-refractivity contribution in [3.05, 3.63) is 78.2 Å². The molecular weight excluding hydrogens is 427 g/mol. The maximum atomic E-state index is 13.6. The number of anilines is 1. The Morgan fingerprint density at radius 3 is 2.76 bits per heavy atom. The van der Waals surface area contributed by atoms with Crippen molar-refractivity contribution in [3.8, 4) is 11.3 Å². The van der Waals surface area contributed by atoms with Gasteiger partial charge in [0.05, 0.1) is 24.9 Å². The molecule has 2 fully saturated rings. The van der Waals surface area contributed by atoms with Crippen LogP contribution in [-0.2, 0) is 20.8 Å². The summed E-state index contributed by atoms with van der Waals surface area (Å²) >= 11 is 0. The minimum Gasteiger partial charge on any atom is -0.441 e. The SMILES string of the molecule is O=C(NCc1ccccc1)O[C@H]1CO[C@@H]2[C@@H]1OC[C@@H]2Nc1nccc(-c2cccc(F)c2)n1. The maximum absolute atomic E-state index is 13.6. The smallest absolute Gasteiger partial charge is 0.407 e. The molecule has 0 saturated carbocycles. The summed E-state index contributed by atoms with van der Waals surface area (Å²) < 4.78 is 30.8. The van der Waals surface area contributed by atoms with Gasteiger partial charge < -0.3 is 24.8 Å². The number of carbonyl (C=O) groups is 1. The number of carbonyl (C=O) groups excluding carboxylic acids is 1. The van der Waals surface area contributed by atoms with Crippen molar-refractivity contribution in [2.45, 2.75) is 30.9 Å². The predicted molar refractivity (Wildman–Crippen MR) is 118 cm³/mol. The van der Waals surface area contributed by atoms with Gasteiger partial charge in [-0.05, 0) is 23.8 Å². The van der Waals surface area contributed by atoms with Crippen molar-refractivity contribution in [1.29, 1.82) is 0 Å². The minimum atomic E-state index is -0.515. The third-order valence-electron chi connectivity index (χ3n) is 5.64. The molecule has 2 aliphatic heterocycles. The number of amides is 1. The second kappa shape index (κ2) is 9.51. The van der Waals surface area contributed by atoms with Gasteiger partial charge in [0, 0.05) is 18.3 Å². The van der Waals surface area contributed by atoms with Gasteiger partial charge in [0.2, 0.25) is 5.95 Å². The van der Waals surface area contributed by atoms with E-state index in [4.69, 9.17) is 14.2 Å². The zero-order chi connectivity index (χ0) is 22.6. The molecular formula is C24H23FN4O4. The van der Waals surface area contributed by atoms with E-state index < -0.39 is 12.2 Å². The second-order valence-electron chi connectivity index (χ2n) is 7.91. The van der Waals surface area contributed by atoms with Crippen LogP contribution in [0.4, 0.5) is 15.1 Å². The summed E-state index contributed by atoms with van der Waals surface area (Å²) in [6.45, 7) is 0.982. The van der Waals surface area contributed by atoms with Crippen LogP contribution in [0, 0.1) is 5.82 Å². The van der Waals surface area contributed by atoms with Crippen molar-refractivity contribution < 1.29 is 23.4 Å². The van der Waals surface area contributed by atoms with E-state index >= 15 is 0 Å². The molecule has 0 spiro atoms. The van der Waals surface area contributed by atoms with Gasteiger partial charge in [-0.1, -0.05) is 42.5 Å². The zero-order valence-electron chi connectivity index (χ0n) is 17.7. The monoisotopic (exact) mass is 450 g/mol. The molecule has 1 aromatic heterocycles. The van der Waals surface area contributed by atoms with E-state index in [-0.39, 0.29) is 30.7 Å². The van der Waals surface area contributed by atoms with E-state index in [9.17, 15) is 9.18 Å². The van der Waals surface area contributed by atoms with Gasteiger partial charge in [-0.3, -0.25) is 0 Å². The third-order valence-corrected chi connectivity index (χ3v) is 5.64. The summed E-state index contributed by atoms with van der Waals surface area (Å²) in [7, 11) is 0. The Hall–Kier alpha value is -3.56. The van der Waals surface area contributed by atoms with Crippen molar-refractivity contribution in [1.82, 2.24) is 15.3 Å². The Bertz CT molecular complexity index is 1120. The Kier molecular flexibility index (Phi) is 6.14. The molecule has 2 N–H and O–H groups in total. The Morgan fingerprint density at radius 1 is 1.06 bits per heavy atom. The number of ether oxygens (including phenoxy) is 3. The highest BCUT2D eigenvalue weighted by Gasteiger charge is 2.49. The molecule has 170 valence electrons. The first-order chi connectivity index (χ1) is 16.2. The molecule has 0 aliphatic carbocycles. The number of rotatable bonds is 6. The molecule has 0 radical (unpaired) electrons. The van der Waals surface area contributed by atoms with Gasteiger partial charge >= 0.3 is 6.09 Å². The molecule has 33 heavy (non-hydrogen) atoms. The molecule has 0 bridgehead atoms. The largest absolute Gasteiger partial charge is 0.441 e. The third kappa shape index (κ3) is 4.94. The van der Waals surface area contributed by atoms with Crippen LogP contribution in [0.25, 0.3) is 11.3 Å². The van der Waals surface area contributed by atoms with Crippen LogP contribution in [0.2, 0.25) is 0 Å². The minimum absolute atomic E-state index is 0.210. The van der Waals surface area contributed by atoms with Crippen molar-refractivity contribution in [3.63, 3.8) is 0 Å². The molecule has 9 heteroatoms. The lowest BCUT2D eigenvalue weighted by Gasteiger charge is -2.18. The van der Waals surface area contributed by atoms with E-state index in [0.29, 0.717) is 30.4 Å². The van der Waals surface area contributed by atoms with E-state index in [1.807, 2.05) is 30.3 Å². The number of halogens is 1. The number of aromatic nitrogens is 2. The van der Waals surface area contributed by atoms with Crippen LogP contribution in [0.5, 0.6) is 0 Å². The molecule has 1 amide bonds. The lowest BCUT2D eigenvalue weighted by atomic mass is 10.1. The van der Waals surface area contributed by atoms with Crippen LogP contribution >= 0.6 is 0 Å². The summed E-state index contributed by atoms with van der Waals surface area (Å²) in [6.07, 6.45) is -0.0902. The standard InChI is InChI=1S/C24H23FN4O4/c25-17-8-4-7-16(11-17)18-9-10-26-23(28-18)29-19-13-31-22-20(14-32-21(19)22)33-24(30)27-12-15-5-2-1-3-6-15/h1-11,19-22H,12-14H2,(H,27,30)(H,26,28,29)/t19-,20-,21-,22+/m0/s1. The maximum Gasteiger partial charge on any atom is 0.407 e. The van der Waals surface area contributed by atoms with Crippen LogP contribution in [-0.4, -0.2) is 53.6 Å². The van der Waals surface area contributed by atoms with Crippen molar-refractivity contribution in [2.75, 3.05) is 18.5 Å². The van der Waals surface area contributed by atoms with Crippen LogP contribution in [0.3, 0.4) is 0 Å². The first-order valence-corrected chi connectivity index (χ1v) is 10.7. The molecule has 8 nitrogen and oxygen atoms in total. The number of nitrogens with zero attached hydrogens (tertiary/aromatic N) is 2. The fraction of sp³-hybridized carbons (Fsp3) is 0.292. The topological polar surface area (TPSA) is 94.6 Å². The van der Waals surface area contributed by atoms with Gasteiger partial charge in [-0.25, -0.2) is 19.2 Å². The fourth-order valence-electron chi connectivity index (χ4n) is 4.04. The first-order valence-electron chi connectivity index (χ1n) is 10.7. The van der Waals surface area contributed by atoms with E-state index in [1.165, 1.54) is 12.1 Å². The molecule has 2 aliphatic rings. The lowest BCUT2D eigenvalue weighted by molar-refractivity contribution is 0.00431. The van der Waals surface area contributed by atoms with Gasteiger partial charge in [0.1, 0.15) is 18.0 Å². The number of hydrogen-bond donors (Lipinski definition) is 2. The average Bonchev–Trinajstić information content (AvgIpc) is 3.42. The summed E-state index contributed by atoms with van der Waals surface area (Å²) in [5, 5.41) is 5.98. The fourth-order valence-corrected chi connectivity index (χ4v) is 4.04.